The molecule has 170 valence electrons. The molecule has 1 atom stereocenters. The quantitative estimate of drug-likeness (QED) is 0.562. The second-order valence-corrected chi connectivity index (χ2v) is 10.5. The van der Waals surface area contributed by atoms with Crippen molar-refractivity contribution in [1.29, 1.82) is 0 Å². The van der Waals surface area contributed by atoms with Crippen molar-refractivity contribution >= 4 is 27.3 Å². The molecule has 1 saturated heterocycles. The minimum Gasteiger partial charge on any atom is -0.360 e. The lowest BCUT2D eigenvalue weighted by Gasteiger charge is -2.30. The second kappa shape index (κ2) is 9.08. The van der Waals surface area contributed by atoms with Crippen molar-refractivity contribution in [2.75, 3.05) is 13.1 Å². The van der Waals surface area contributed by atoms with E-state index in [0.29, 0.717) is 35.4 Å². The number of piperidine rings is 1. The lowest BCUT2D eigenvalue weighted by atomic mass is 9.99. The summed E-state index contributed by atoms with van der Waals surface area (Å²) in [6, 6.07) is 6.45. The van der Waals surface area contributed by atoms with Gasteiger partial charge in [-0.25, -0.2) is 12.8 Å². The number of hydrogen-bond acceptors (Lipinski definition) is 6. The van der Waals surface area contributed by atoms with Crippen LogP contribution in [0.5, 0.6) is 0 Å². The van der Waals surface area contributed by atoms with Crippen LogP contribution in [0.15, 0.2) is 50.3 Å². The number of aromatic nitrogens is 2. The number of benzene rings is 1. The average Bonchev–Trinajstić information content (AvgIpc) is 3.35. The van der Waals surface area contributed by atoms with Crippen LogP contribution < -0.4 is 4.80 Å². The Morgan fingerprint density at radius 2 is 2.12 bits per heavy atom. The maximum absolute atomic E-state index is 14.0. The van der Waals surface area contributed by atoms with Gasteiger partial charge in [0.1, 0.15) is 16.4 Å². The Labute approximate surface area is 189 Å². The number of nitrogens with zero attached hydrogens (tertiary/aromatic N) is 4. The van der Waals surface area contributed by atoms with Crippen LogP contribution >= 0.6 is 11.3 Å². The zero-order valence-electron chi connectivity index (χ0n) is 17.7. The van der Waals surface area contributed by atoms with Crippen molar-refractivity contribution in [3.8, 4) is 0 Å². The van der Waals surface area contributed by atoms with Gasteiger partial charge in [0, 0.05) is 30.2 Å². The Morgan fingerprint density at radius 1 is 1.34 bits per heavy atom. The van der Waals surface area contributed by atoms with Gasteiger partial charge in [-0.05, 0) is 32.8 Å². The molecule has 0 spiro atoms. The highest BCUT2D eigenvalue weighted by Gasteiger charge is 2.36. The van der Waals surface area contributed by atoms with Crippen LogP contribution in [0.3, 0.4) is 0 Å². The number of thiazole rings is 1. The highest BCUT2D eigenvalue weighted by Crippen LogP contribution is 2.28. The van der Waals surface area contributed by atoms with Gasteiger partial charge in [-0.15, -0.1) is 11.3 Å². The molecule has 3 heterocycles. The summed E-state index contributed by atoms with van der Waals surface area (Å²) in [7, 11) is -3.82. The maximum Gasteiger partial charge on any atom is 0.252 e. The van der Waals surface area contributed by atoms with Gasteiger partial charge in [0.05, 0.1) is 12.5 Å². The lowest BCUT2D eigenvalue weighted by molar-refractivity contribution is -0.122. The smallest absolute Gasteiger partial charge is 0.252 e. The molecule has 4 rings (SSSR count). The summed E-state index contributed by atoms with van der Waals surface area (Å²) >= 11 is 1.28. The third kappa shape index (κ3) is 4.45. The minimum absolute atomic E-state index is 0.0490. The van der Waals surface area contributed by atoms with E-state index in [-0.39, 0.29) is 35.5 Å². The van der Waals surface area contributed by atoms with Crippen LogP contribution in [0.4, 0.5) is 4.39 Å². The number of carbonyl (C=O) groups is 1. The normalized spacial score (nSPS) is 18.2. The van der Waals surface area contributed by atoms with Crippen LogP contribution in [0, 0.1) is 25.6 Å². The summed E-state index contributed by atoms with van der Waals surface area (Å²) in [6.45, 7) is 3.76. The van der Waals surface area contributed by atoms with E-state index in [9.17, 15) is 17.6 Å². The Bertz CT molecular complexity index is 1290. The van der Waals surface area contributed by atoms with Gasteiger partial charge in [-0.1, -0.05) is 23.4 Å². The first kappa shape index (κ1) is 22.6. The lowest BCUT2D eigenvalue weighted by Crippen LogP contribution is -2.42. The summed E-state index contributed by atoms with van der Waals surface area (Å²) in [6.07, 6.45) is 2.85. The van der Waals surface area contributed by atoms with E-state index < -0.39 is 15.9 Å². The van der Waals surface area contributed by atoms with Crippen molar-refractivity contribution in [2.45, 2.75) is 38.1 Å². The molecule has 1 aliphatic rings. The van der Waals surface area contributed by atoms with E-state index in [0.717, 1.165) is 0 Å². The molecule has 0 bridgehead atoms. The monoisotopic (exact) mass is 478 g/mol. The highest BCUT2D eigenvalue weighted by molar-refractivity contribution is 7.89. The summed E-state index contributed by atoms with van der Waals surface area (Å²) in [5, 5.41) is 5.52. The SMILES string of the molecule is Cc1noc(C)c1S(=O)(=O)N1CCCC(C(=O)N=c2sccn2Cc2ccccc2F)C1. The number of carbonyl (C=O) groups excluding carboxylic acids is 1. The Kier molecular flexibility index (Phi) is 6.40. The standard InChI is InChI=1S/C21H23FN4O4S2/c1-14-19(15(2)30-24-14)32(28,29)26-9-5-7-17(13-26)20(27)23-21-25(10-11-31-21)12-16-6-3-4-8-18(16)22/h3-4,6,8,10-11,17H,5,7,9,12-13H2,1-2H3. The van der Waals surface area contributed by atoms with Crippen molar-refractivity contribution in [1.82, 2.24) is 14.0 Å². The molecule has 8 nitrogen and oxygen atoms in total. The molecule has 3 aromatic rings. The first-order chi connectivity index (χ1) is 15.3. The number of sulfonamides is 1. The molecule has 1 unspecified atom stereocenters. The number of halogens is 1. The topological polar surface area (TPSA) is 97.8 Å². The van der Waals surface area contributed by atoms with Crippen LogP contribution in [-0.2, 0) is 21.4 Å². The molecular formula is C21H23FN4O4S2. The van der Waals surface area contributed by atoms with E-state index in [1.807, 2.05) is 0 Å². The molecule has 1 fully saturated rings. The summed E-state index contributed by atoms with van der Waals surface area (Å²) < 4.78 is 48.3. The van der Waals surface area contributed by atoms with E-state index in [1.54, 1.807) is 48.2 Å². The van der Waals surface area contributed by atoms with E-state index in [4.69, 9.17) is 4.52 Å². The molecule has 2 aromatic heterocycles. The number of rotatable bonds is 5. The van der Waals surface area contributed by atoms with Gasteiger partial charge in [0.15, 0.2) is 10.6 Å². The Hall–Kier alpha value is -2.63. The van der Waals surface area contributed by atoms with Gasteiger partial charge < -0.3 is 9.09 Å². The molecule has 0 aliphatic carbocycles. The van der Waals surface area contributed by atoms with E-state index in [1.165, 1.54) is 21.7 Å². The van der Waals surface area contributed by atoms with Gasteiger partial charge in [0.2, 0.25) is 10.0 Å². The first-order valence-corrected chi connectivity index (χ1v) is 12.5. The number of hydrogen-bond donors (Lipinski definition) is 0. The van der Waals surface area contributed by atoms with E-state index in [2.05, 4.69) is 10.1 Å². The Morgan fingerprint density at radius 3 is 2.84 bits per heavy atom. The van der Waals surface area contributed by atoms with Gasteiger partial charge >= 0.3 is 0 Å². The van der Waals surface area contributed by atoms with Crippen molar-refractivity contribution < 1.29 is 22.1 Å². The third-order valence-corrected chi connectivity index (χ3v) is 8.37. The maximum atomic E-state index is 14.0. The fourth-order valence-corrected chi connectivity index (χ4v) is 6.39. The Balaban J connectivity index is 1.54. The first-order valence-electron chi connectivity index (χ1n) is 10.2. The largest absolute Gasteiger partial charge is 0.360 e. The van der Waals surface area contributed by atoms with Crippen molar-refractivity contribution in [3.63, 3.8) is 0 Å². The number of aryl methyl sites for hydroxylation is 2. The van der Waals surface area contributed by atoms with Crippen molar-refractivity contribution in [3.05, 3.63) is 63.5 Å². The molecule has 0 saturated carbocycles. The number of amides is 1. The molecule has 0 radical (unpaired) electrons. The predicted molar refractivity (Wildman–Crippen MR) is 116 cm³/mol. The molecule has 11 heteroatoms. The molecule has 32 heavy (non-hydrogen) atoms. The van der Waals surface area contributed by atoms with Crippen molar-refractivity contribution in [2.24, 2.45) is 10.9 Å². The summed E-state index contributed by atoms with van der Waals surface area (Å²) in [5.74, 6) is -1.03. The zero-order chi connectivity index (χ0) is 22.9. The predicted octanol–water partition coefficient (Wildman–Crippen LogP) is 2.87. The summed E-state index contributed by atoms with van der Waals surface area (Å²) in [4.78, 5) is 17.7. The third-order valence-electron chi connectivity index (χ3n) is 5.46. The molecule has 1 amide bonds. The fourth-order valence-electron chi connectivity index (χ4n) is 3.84. The van der Waals surface area contributed by atoms with Crippen LogP contribution in [0.2, 0.25) is 0 Å². The molecular weight excluding hydrogens is 455 g/mol. The van der Waals surface area contributed by atoms with Gasteiger partial charge in [-0.3, -0.25) is 4.79 Å². The fraction of sp³-hybridized carbons (Fsp3) is 0.381. The highest BCUT2D eigenvalue weighted by atomic mass is 32.2. The second-order valence-electron chi connectivity index (χ2n) is 7.71. The molecule has 1 aliphatic heterocycles. The zero-order valence-corrected chi connectivity index (χ0v) is 19.3. The molecule has 1 aromatic carbocycles. The van der Waals surface area contributed by atoms with Crippen LogP contribution in [-0.4, -0.2) is 41.4 Å². The minimum atomic E-state index is -3.82. The van der Waals surface area contributed by atoms with Crippen LogP contribution in [0.1, 0.15) is 29.9 Å². The van der Waals surface area contributed by atoms with Gasteiger partial charge in [0.25, 0.3) is 5.91 Å². The van der Waals surface area contributed by atoms with Gasteiger partial charge in [-0.2, -0.15) is 9.30 Å². The summed E-state index contributed by atoms with van der Waals surface area (Å²) in [5.41, 5.74) is 0.794. The van der Waals surface area contributed by atoms with E-state index >= 15 is 0 Å². The average molecular weight is 479 g/mol. The van der Waals surface area contributed by atoms with Crippen LogP contribution in [0.25, 0.3) is 0 Å². The molecule has 0 N–H and O–H groups in total.